The normalized spacial score (nSPS) is 16.5. The van der Waals surface area contributed by atoms with Crippen LogP contribution in [0.2, 0.25) is 0 Å². The molecule has 0 saturated heterocycles. The van der Waals surface area contributed by atoms with Gasteiger partial charge in [-0.3, -0.25) is 9.36 Å². The Hall–Kier alpha value is -2.63. The molecule has 1 aliphatic heterocycles. The summed E-state index contributed by atoms with van der Waals surface area (Å²) >= 11 is 0. The second-order valence-corrected chi connectivity index (χ2v) is 5.00. The van der Waals surface area contributed by atoms with Crippen molar-refractivity contribution in [3.8, 4) is 0 Å². The zero-order chi connectivity index (χ0) is 14.8. The third-order valence-electron chi connectivity index (χ3n) is 3.63. The van der Waals surface area contributed by atoms with E-state index in [0.29, 0.717) is 30.9 Å². The van der Waals surface area contributed by atoms with Crippen molar-refractivity contribution >= 4 is 11.7 Å². The summed E-state index contributed by atoms with van der Waals surface area (Å²) in [5.74, 6) is -0.449. The lowest BCUT2D eigenvalue weighted by Crippen LogP contribution is -2.30. The van der Waals surface area contributed by atoms with Gasteiger partial charge in [-0.1, -0.05) is 30.3 Å². The van der Waals surface area contributed by atoms with Gasteiger partial charge >= 0.3 is 5.97 Å². The summed E-state index contributed by atoms with van der Waals surface area (Å²) in [4.78, 5) is 27.8. The standard InChI is InChI=1S/C15H15N3O3/c19-14-11(16-8-10-4-2-1-3-5-10)9-17-13-7-6-12(15(20)21)18(13)14/h1-5,9,12,16H,6-8H2,(H,20,21). The van der Waals surface area contributed by atoms with Gasteiger partial charge in [-0.15, -0.1) is 0 Å². The highest BCUT2D eigenvalue weighted by atomic mass is 16.4. The van der Waals surface area contributed by atoms with Crippen molar-refractivity contribution < 1.29 is 9.90 Å². The Kier molecular flexibility index (Phi) is 3.43. The fraction of sp³-hybridized carbons (Fsp3) is 0.267. The second-order valence-electron chi connectivity index (χ2n) is 5.00. The Bertz CT molecular complexity index is 725. The van der Waals surface area contributed by atoms with E-state index in [0.717, 1.165) is 5.56 Å². The number of aryl methyl sites for hydroxylation is 1. The average Bonchev–Trinajstić information content (AvgIpc) is 2.93. The van der Waals surface area contributed by atoms with Crippen LogP contribution in [0.1, 0.15) is 23.9 Å². The second kappa shape index (κ2) is 5.40. The number of benzene rings is 1. The number of anilines is 1. The third-order valence-corrected chi connectivity index (χ3v) is 3.63. The molecule has 1 aromatic carbocycles. The van der Waals surface area contributed by atoms with E-state index in [2.05, 4.69) is 10.3 Å². The lowest BCUT2D eigenvalue weighted by molar-refractivity contribution is -0.140. The maximum atomic E-state index is 12.4. The number of carbonyl (C=O) groups is 1. The Labute approximate surface area is 121 Å². The third kappa shape index (κ3) is 2.52. The molecule has 6 nitrogen and oxygen atoms in total. The van der Waals surface area contributed by atoms with E-state index >= 15 is 0 Å². The van der Waals surface area contributed by atoms with Crippen LogP contribution in [0.4, 0.5) is 5.69 Å². The van der Waals surface area contributed by atoms with Crippen LogP contribution in [0, 0.1) is 0 Å². The van der Waals surface area contributed by atoms with Crippen molar-refractivity contribution in [2.45, 2.75) is 25.4 Å². The van der Waals surface area contributed by atoms with Gasteiger partial charge in [0, 0.05) is 13.0 Å². The van der Waals surface area contributed by atoms with Gasteiger partial charge in [-0.25, -0.2) is 9.78 Å². The first-order valence-corrected chi connectivity index (χ1v) is 6.78. The number of fused-ring (bicyclic) bond motifs is 1. The first-order valence-electron chi connectivity index (χ1n) is 6.78. The molecule has 0 aliphatic carbocycles. The molecule has 1 aliphatic rings. The minimum absolute atomic E-state index is 0.319. The highest BCUT2D eigenvalue weighted by molar-refractivity contribution is 5.72. The molecular formula is C15H15N3O3. The van der Waals surface area contributed by atoms with E-state index in [1.54, 1.807) is 0 Å². The van der Waals surface area contributed by atoms with Crippen LogP contribution in [0.25, 0.3) is 0 Å². The molecule has 6 heteroatoms. The molecule has 21 heavy (non-hydrogen) atoms. The topological polar surface area (TPSA) is 84.2 Å². The zero-order valence-electron chi connectivity index (χ0n) is 11.3. The predicted molar refractivity (Wildman–Crippen MR) is 77.3 cm³/mol. The lowest BCUT2D eigenvalue weighted by atomic mass is 10.2. The van der Waals surface area contributed by atoms with Gasteiger partial charge in [-0.05, 0) is 12.0 Å². The molecule has 1 atom stereocenters. The van der Waals surface area contributed by atoms with Crippen LogP contribution in [0.15, 0.2) is 41.3 Å². The fourth-order valence-electron chi connectivity index (χ4n) is 2.55. The van der Waals surface area contributed by atoms with Crippen LogP contribution in [0.3, 0.4) is 0 Å². The fourth-order valence-corrected chi connectivity index (χ4v) is 2.55. The molecule has 2 heterocycles. The Balaban J connectivity index is 1.86. The molecule has 2 N–H and O–H groups in total. The monoisotopic (exact) mass is 285 g/mol. The Morgan fingerprint density at radius 3 is 2.86 bits per heavy atom. The van der Waals surface area contributed by atoms with Gasteiger partial charge < -0.3 is 10.4 Å². The predicted octanol–water partition coefficient (Wildman–Crippen LogP) is 1.43. The number of nitrogens with one attached hydrogen (secondary N) is 1. The summed E-state index contributed by atoms with van der Waals surface area (Å²) in [6.45, 7) is 0.495. The van der Waals surface area contributed by atoms with Crippen LogP contribution in [-0.2, 0) is 17.8 Å². The number of carboxylic acid groups (broad SMARTS) is 1. The number of nitrogens with zero attached hydrogens (tertiary/aromatic N) is 2. The first-order chi connectivity index (χ1) is 10.2. The van der Waals surface area contributed by atoms with Crippen LogP contribution < -0.4 is 10.9 Å². The zero-order valence-corrected chi connectivity index (χ0v) is 11.3. The van der Waals surface area contributed by atoms with E-state index < -0.39 is 12.0 Å². The van der Waals surface area contributed by atoms with E-state index in [4.69, 9.17) is 0 Å². The number of aliphatic carboxylic acids is 1. The highest BCUT2D eigenvalue weighted by Gasteiger charge is 2.30. The molecule has 0 bridgehead atoms. The molecule has 0 amide bonds. The van der Waals surface area contributed by atoms with Gasteiger partial charge in [0.15, 0.2) is 0 Å². The number of carboxylic acids is 1. The molecule has 1 unspecified atom stereocenters. The largest absolute Gasteiger partial charge is 0.480 e. The molecule has 2 aromatic rings. The molecule has 0 radical (unpaired) electrons. The van der Waals surface area contributed by atoms with E-state index in [1.165, 1.54) is 10.8 Å². The van der Waals surface area contributed by atoms with E-state index in [9.17, 15) is 14.7 Å². The Morgan fingerprint density at radius 1 is 1.38 bits per heavy atom. The van der Waals surface area contributed by atoms with Crippen molar-refractivity contribution in [1.82, 2.24) is 9.55 Å². The van der Waals surface area contributed by atoms with E-state index in [1.807, 2.05) is 30.3 Å². The summed E-state index contributed by atoms with van der Waals surface area (Å²) in [5, 5.41) is 12.2. The van der Waals surface area contributed by atoms with Crippen molar-refractivity contribution in [2.24, 2.45) is 0 Å². The first kappa shape index (κ1) is 13.4. The summed E-state index contributed by atoms with van der Waals surface area (Å²) in [6, 6.07) is 8.86. The van der Waals surface area contributed by atoms with Crippen LogP contribution >= 0.6 is 0 Å². The van der Waals surface area contributed by atoms with Crippen molar-refractivity contribution in [2.75, 3.05) is 5.32 Å². The Morgan fingerprint density at radius 2 is 2.14 bits per heavy atom. The minimum atomic E-state index is -0.988. The summed E-state index contributed by atoms with van der Waals surface area (Å²) in [6.07, 6.45) is 2.42. The number of hydrogen-bond acceptors (Lipinski definition) is 4. The van der Waals surface area contributed by atoms with E-state index in [-0.39, 0.29) is 5.56 Å². The average molecular weight is 285 g/mol. The van der Waals surface area contributed by atoms with Crippen LogP contribution in [0.5, 0.6) is 0 Å². The summed E-state index contributed by atoms with van der Waals surface area (Å²) < 4.78 is 1.29. The molecule has 1 aromatic heterocycles. The van der Waals surface area contributed by atoms with Gasteiger partial charge in [0.05, 0.1) is 6.20 Å². The molecule has 0 spiro atoms. The smallest absolute Gasteiger partial charge is 0.326 e. The summed E-state index contributed by atoms with van der Waals surface area (Å²) in [5.41, 5.74) is 1.05. The number of rotatable bonds is 4. The number of hydrogen-bond donors (Lipinski definition) is 2. The quantitative estimate of drug-likeness (QED) is 0.887. The molecule has 0 saturated carbocycles. The molecule has 0 fully saturated rings. The van der Waals surface area contributed by atoms with Gasteiger partial charge in [0.1, 0.15) is 17.6 Å². The minimum Gasteiger partial charge on any atom is -0.480 e. The van der Waals surface area contributed by atoms with Gasteiger partial charge in [0.2, 0.25) is 0 Å². The van der Waals surface area contributed by atoms with Gasteiger partial charge in [0.25, 0.3) is 5.56 Å². The van der Waals surface area contributed by atoms with Crippen LogP contribution in [-0.4, -0.2) is 20.6 Å². The molecular weight excluding hydrogens is 270 g/mol. The highest BCUT2D eigenvalue weighted by Crippen LogP contribution is 2.23. The molecule has 3 rings (SSSR count). The van der Waals surface area contributed by atoms with Crippen molar-refractivity contribution in [3.05, 3.63) is 58.3 Å². The maximum Gasteiger partial charge on any atom is 0.326 e. The van der Waals surface area contributed by atoms with Gasteiger partial charge in [-0.2, -0.15) is 0 Å². The lowest BCUT2D eigenvalue weighted by Gasteiger charge is -2.12. The number of aromatic nitrogens is 2. The maximum absolute atomic E-state index is 12.4. The SMILES string of the molecule is O=C(O)C1CCc2ncc(NCc3ccccc3)c(=O)n21. The molecule has 108 valence electrons. The van der Waals surface area contributed by atoms with Crippen molar-refractivity contribution in [1.29, 1.82) is 0 Å². The van der Waals surface area contributed by atoms with Crippen molar-refractivity contribution in [3.63, 3.8) is 0 Å². The summed E-state index contributed by atoms with van der Waals surface area (Å²) in [7, 11) is 0.